The van der Waals surface area contributed by atoms with Crippen molar-refractivity contribution in [3.05, 3.63) is 66.2 Å². The van der Waals surface area contributed by atoms with E-state index in [1.54, 1.807) is 18.6 Å². The molecule has 2 aliphatic rings. The third-order valence-electron chi connectivity index (χ3n) is 6.39. The van der Waals surface area contributed by atoms with Crippen molar-refractivity contribution in [2.75, 3.05) is 12.4 Å². The molecule has 8 heteroatoms. The number of pyridine rings is 1. The Kier molecular flexibility index (Phi) is 5.50. The summed E-state index contributed by atoms with van der Waals surface area (Å²) in [4.78, 5) is 37.8. The number of rotatable bonds is 7. The number of benzene rings is 1. The number of carbonyl (C=O) groups excluding carboxylic acids is 2. The smallest absolute Gasteiger partial charge is 0.316 e. The van der Waals surface area contributed by atoms with Gasteiger partial charge in [-0.25, -0.2) is 9.97 Å². The number of nitrogens with zero attached hydrogens (tertiary/aromatic N) is 3. The molecular formula is C25H25N5O3. The second kappa shape index (κ2) is 8.61. The summed E-state index contributed by atoms with van der Waals surface area (Å²) in [7, 11) is 1.50. The highest BCUT2D eigenvalue weighted by Crippen LogP contribution is 2.45. The third kappa shape index (κ3) is 4.28. The van der Waals surface area contributed by atoms with E-state index in [1.807, 2.05) is 36.4 Å². The minimum absolute atomic E-state index is 0.0572. The van der Waals surface area contributed by atoms with E-state index in [9.17, 15) is 9.59 Å². The van der Waals surface area contributed by atoms with E-state index in [2.05, 4.69) is 25.6 Å². The van der Waals surface area contributed by atoms with E-state index < -0.39 is 5.41 Å². The largest absolute Gasteiger partial charge is 0.467 e. The zero-order chi connectivity index (χ0) is 22.8. The quantitative estimate of drug-likeness (QED) is 0.579. The Morgan fingerprint density at radius 1 is 1.00 bits per heavy atom. The molecule has 2 heterocycles. The number of hydrogen-bond donors (Lipinski definition) is 2. The highest BCUT2D eigenvalue weighted by Gasteiger charge is 2.45. The molecule has 5 rings (SSSR count). The Morgan fingerprint density at radius 3 is 2.33 bits per heavy atom. The Balaban J connectivity index is 1.33. The van der Waals surface area contributed by atoms with Crippen molar-refractivity contribution in [3.63, 3.8) is 0 Å². The van der Waals surface area contributed by atoms with Gasteiger partial charge in [0.05, 0.1) is 30.6 Å². The van der Waals surface area contributed by atoms with E-state index in [0.717, 1.165) is 48.8 Å². The molecule has 0 spiro atoms. The summed E-state index contributed by atoms with van der Waals surface area (Å²) in [6.45, 7) is 0. The summed E-state index contributed by atoms with van der Waals surface area (Å²) in [5.41, 5.74) is 3.26. The first-order valence-electron chi connectivity index (χ1n) is 11.1. The van der Waals surface area contributed by atoms with Crippen LogP contribution >= 0.6 is 0 Å². The summed E-state index contributed by atoms with van der Waals surface area (Å²) >= 11 is 0. The molecule has 2 aliphatic carbocycles. The Bertz CT molecular complexity index is 1170. The maximum absolute atomic E-state index is 13.2. The van der Waals surface area contributed by atoms with Crippen LogP contribution in [0.4, 0.5) is 5.69 Å². The lowest BCUT2D eigenvalue weighted by Crippen LogP contribution is -2.46. The fourth-order valence-corrected chi connectivity index (χ4v) is 4.12. The Labute approximate surface area is 191 Å². The number of ether oxygens (including phenoxy) is 1. The second-order valence-electron chi connectivity index (χ2n) is 8.60. The van der Waals surface area contributed by atoms with E-state index in [0.29, 0.717) is 11.4 Å². The van der Waals surface area contributed by atoms with Crippen LogP contribution in [0.15, 0.2) is 55.0 Å². The molecule has 0 saturated heterocycles. The van der Waals surface area contributed by atoms with Gasteiger partial charge < -0.3 is 15.4 Å². The van der Waals surface area contributed by atoms with Crippen molar-refractivity contribution >= 4 is 17.5 Å². The Hall–Kier alpha value is -3.81. The molecule has 2 fully saturated rings. The first kappa shape index (κ1) is 21.1. The molecule has 0 bridgehead atoms. The normalized spacial score (nSPS) is 16.4. The predicted molar refractivity (Wildman–Crippen MR) is 123 cm³/mol. The first-order valence-corrected chi connectivity index (χ1v) is 11.1. The second-order valence-corrected chi connectivity index (χ2v) is 8.60. The van der Waals surface area contributed by atoms with Gasteiger partial charge in [0.25, 0.3) is 5.91 Å². The minimum Gasteiger partial charge on any atom is -0.467 e. The van der Waals surface area contributed by atoms with Gasteiger partial charge in [-0.05, 0) is 54.5 Å². The molecule has 0 aliphatic heterocycles. The van der Waals surface area contributed by atoms with Gasteiger partial charge in [-0.2, -0.15) is 0 Å². The fraction of sp³-hybridized carbons (Fsp3) is 0.320. The van der Waals surface area contributed by atoms with Gasteiger partial charge in [0.15, 0.2) is 0 Å². The van der Waals surface area contributed by atoms with Crippen LogP contribution in [0.3, 0.4) is 0 Å². The van der Waals surface area contributed by atoms with Crippen molar-refractivity contribution in [1.82, 2.24) is 20.3 Å². The summed E-state index contributed by atoms with van der Waals surface area (Å²) in [5.74, 6) is -0.193. The maximum atomic E-state index is 13.2. The van der Waals surface area contributed by atoms with E-state index in [1.165, 1.54) is 7.11 Å². The fourth-order valence-electron chi connectivity index (χ4n) is 4.12. The lowest BCUT2D eigenvalue weighted by Gasteiger charge is -2.40. The van der Waals surface area contributed by atoms with Gasteiger partial charge in [-0.1, -0.05) is 30.7 Å². The summed E-state index contributed by atoms with van der Waals surface area (Å²) in [6.07, 6.45) is 9.38. The lowest BCUT2D eigenvalue weighted by molar-refractivity contribution is -0.124. The van der Waals surface area contributed by atoms with Crippen LogP contribution in [0, 0.1) is 0 Å². The third-order valence-corrected chi connectivity index (χ3v) is 6.39. The molecule has 1 aromatic carbocycles. The van der Waals surface area contributed by atoms with Gasteiger partial charge in [-0.3, -0.25) is 14.6 Å². The minimum atomic E-state index is -0.563. The van der Waals surface area contributed by atoms with E-state index in [-0.39, 0.29) is 23.9 Å². The van der Waals surface area contributed by atoms with Gasteiger partial charge in [0.2, 0.25) is 5.91 Å². The molecule has 3 aromatic rings. The molecule has 8 nitrogen and oxygen atoms in total. The highest BCUT2D eigenvalue weighted by atomic mass is 16.5. The van der Waals surface area contributed by atoms with Gasteiger partial charge in [0.1, 0.15) is 5.69 Å². The monoisotopic (exact) mass is 443 g/mol. The van der Waals surface area contributed by atoms with Crippen molar-refractivity contribution in [3.8, 4) is 17.1 Å². The lowest BCUT2D eigenvalue weighted by atomic mass is 9.63. The molecule has 0 radical (unpaired) electrons. The first-order chi connectivity index (χ1) is 16.1. The van der Waals surface area contributed by atoms with Crippen LogP contribution in [-0.2, 0) is 10.2 Å². The van der Waals surface area contributed by atoms with Crippen LogP contribution in [0.5, 0.6) is 6.01 Å². The average Bonchev–Trinajstić information content (AvgIpc) is 3.63. The van der Waals surface area contributed by atoms with Crippen molar-refractivity contribution in [2.45, 2.75) is 43.6 Å². The van der Waals surface area contributed by atoms with Crippen LogP contribution in [0.1, 0.15) is 48.2 Å². The molecular weight excluding hydrogens is 418 g/mol. The highest BCUT2D eigenvalue weighted by molar-refractivity contribution is 6.00. The molecule has 33 heavy (non-hydrogen) atoms. The van der Waals surface area contributed by atoms with Crippen LogP contribution < -0.4 is 15.4 Å². The zero-order valence-electron chi connectivity index (χ0n) is 18.4. The topological polar surface area (TPSA) is 106 Å². The van der Waals surface area contributed by atoms with Crippen LogP contribution in [-0.4, -0.2) is 39.9 Å². The number of aromatic nitrogens is 3. The molecule has 2 N–H and O–H groups in total. The molecule has 2 saturated carbocycles. The number of nitrogens with one attached hydrogen (secondary N) is 2. The van der Waals surface area contributed by atoms with E-state index >= 15 is 0 Å². The van der Waals surface area contributed by atoms with Crippen LogP contribution in [0.2, 0.25) is 0 Å². The van der Waals surface area contributed by atoms with Gasteiger partial charge in [0, 0.05) is 12.2 Å². The number of amides is 2. The standard InChI is InChI=1S/C25H25N5O3/c1-33-24-27-14-20(15-28-24)30-23(32)25(10-2-11-25)18-5-3-16(4-6-18)17-9-12-26-21(13-17)22(31)29-19-7-8-19/h3-6,9,12-15,19H,2,7-8,10-11H2,1H3,(H,29,31)(H,30,32). The summed E-state index contributed by atoms with van der Waals surface area (Å²) in [5, 5.41) is 5.92. The number of carbonyl (C=O) groups is 2. The molecule has 0 unspecified atom stereocenters. The number of hydrogen-bond acceptors (Lipinski definition) is 6. The maximum Gasteiger partial charge on any atom is 0.316 e. The van der Waals surface area contributed by atoms with E-state index in [4.69, 9.17) is 4.74 Å². The molecule has 2 amide bonds. The van der Waals surface area contributed by atoms with Crippen molar-refractivity contribution in [1.29, 1.82) is 0 Å². The van der Waals surface area contributed by atoms with Gasteiger partial charge >= 0.3 is 6.01 Å². The summed E-state index contributed by atoms with van der Waals surface area (Å²) in [6, 6.07) is 12.2. The average molecular weight is 444 g/mol. The molecule has 0 atom stereocenters. The molecule has 168 valence electrons. The van der Waals surface area contributed by atoms with Crippen LogP contribution in [0.25, 0.3) is 11.1 Å². The van der Waals surface area contributed by atoms with Gasteiger partial charge in [-0.15, -0.1) is 0 Å². The molecule has 2 aromatic heterocycles. The zero-order valence-corrected chi connectivity index (χ0v) is 18.4. The summed E-state index contributed by atoms with van der Waals surface area (Å²) < 4.78 is 4.97. The van der Waals surface area contributed by atoms with Crippen molar-refractivity contribution < 1.29 is 14.3 Å². The van der Waals surface area contributed by atoms with Crippen molar-refractivity contribution in [2.24, 2.45) is 0 Å². The SMILES string of the molecule is COc1ncc(NC(=O)C2(c3ccc(-c4ccnc(C(=O)NC5CC5)c4)cc3)CCC2)cn1. The Morgan fingerprint density at radius 2 is 1.73 bits per heavy atom. The number of methoxy groups -OCH3 is 1. The predicted octanol–water partition coefficient (Wildman–Crippen LogP) is 3.50. The number of anilines is 1.